The van der Waals surface area contributed by atoms with E-state index >= 15 is 0 Å². The van der Waals surface area contributed by atoms with E-state index in [1.165, 1.54) is 0 Å². The number of thiol groups is 1. The van der Waals surface area contributed by atoms with E-state index in [0.29, 0.717) is 13.0 Å². The molecule has 20 heavy (non-hydrogen) atoms. The highest BCUT2D eigenvalue weighted by Crippen LogP contribution is 2.07. The van der Waals surface area contributed by atoms with Crippen LogP contribution in [0.3, 0.4) is 0 Å². The fraction of sp³-hybridized carbons (Fsp3) is 0.333. The molecular formula is C15H19N3OS. The second kappa shape index (κ2) is 7.14. The monoisotopic (exact) mass is 289 g/mol. The Labute approximate surface area is 124 Å². The Morgan fingerprint density at radius 1 is 1.40 bits per heavy atom. The van der Waals surface area contributed by atoms with Gasteiger partial charge in [-0.3, -0.25) is 4.79 Å². The number of aryl methyl sites for hydroxylation is 1. The molecule has 4 nitrogen and oxygen atoms in total. The third-order valence-corrected chi connectivity index (χ3v) is 3.56. The van der Waals surface area contributed by atoms with Gasteiger partial charge in [0, 0.05) is 32.4 Å². The Balaban J connectivity index is 1.76. The Bertz CT molecular complexity index is 553. The lowest BCUT2D eigenvalue weighted by atomic mass is 10.1. The zero-order valence-electron chi connectivity index (χ0n) is 11.5. The van der Waals surface area contributed by atoms with Gasteiger partial charge < -0.3 is 9.88 Å². The highest BCUT2D eigenvalue weighted by atomic mass is 32.1. The maximum atomic E-state index is 11.9. The fourth-order valence-electron chi connectivity index (χ4n) is 1.98. The first-order chi connectivity index (χ1) is 9.66. The number of carbonyl (C=O) groups is 1. The molecule has 1 amide bonds. The van der Waals surface area contributed by atoms with Crippen molar-refractivity contribution in [1.29, 1.82) is 0 Å². The number of nitrogens with zero attached hydrogens (tertiary/aromatic N) is 2. The smallest absolute Gasteiger partial charge is 0.233 e. The first kappa shape index (κ1) is 14.7. The van der Waals surface area contributed by atoms with Gasteiger partial charge >= 0.3 is 0 Å². The summed E-state index contributed by atoms with van der Waals surface area (Å²) in [6.45, 7) is 0.579. The summed E-state index contributed by atoms with van der Waals surface area (Å²) >= 11 is 4.37. The molecule has 0 saturated heterocycles. The molecule has 1 atom stereocenters. The lowest BCUT2D eigenvalue weighted by molar-refractivity contribution is -0.120. The van der Waals surface area contributed by atoms with Crippen LogP contribution in [0.4, 0.5) is 0 Å². The van der Waals surface area contributed by atoms with Crippen LogP contribution in [0.25, 0.3) is 0 Å². The van der Waals surface area contributed by atoms with Gasteiger partial charge in [-0.25, -0.2) is 4.98 Å². The van der Waals surface area contributed by atoms with E-state index in [9.17, 15) is 4.79 Å². The SMILES string of the molecule is Cn1ccnc1CCNC(=O)C(S)Cc1ccccc1. The highest BCUT2D eigenvalue weighted by Gasteiger charge is 2.14. The van der Waals surface area contributed by atoms with Gasteiger partial charge in [-0.1, -0.05) is 30.3 Å². The molecule has 0 aliphatic rings. The highest BCUT2D eigenvalue weighted by molar-refractivity contribution is 7.81. The quantitative estimate of drug-likeness (QED) is 0.794. The lowest BCUT2D eigenvalue weighted by Crippen LogP contribution is -2.34. The molecule has 5 heteroatoms. The van der Waals surface area contributed by atoms with Crippen molar-refractivity contribution in [2.75, 3.05) is 6.54 Å². The van der Waals surface area contributed by atoms with E-state index in [2.05, 4.69) is 22.9 Å². The maximum Gasteiger partial charge on any atom is 0.233 e. The summed E-state index contributed by atoms with van der Waals surface area (Å²) in [7, 11) is 1.95. The minimum atomic E-state index is -0.321. The molecular weight excluding hydrogens is 270 g/mol. The van der Waals surface area contributed by atoms with Crippen molar-refractivity contribution in [2.45, 2.75) is 18.1 Å². The number of rotatable bonds is 6. The van der Waals surface area contributed by atoms with E-state index in [4.69, 9.17) is 0 Å². The number of nitrogens with one attached hydrogen (secondary N) is 1. The zero-order chi connectivity index (χ0) is 14.4. The van der Waals surface area contributed by atoms with Crippen molar-refractivity contribution in [1.82, 2.24) is 14.9 Å². The van der Waals surface area contributed by atoms with Gasteiger partial charge in [-0.15, -0.1) is 0 Å². The molecule has 2 rings (SSSR count). The first-order valence-electron chi connectivity index (χ1n) is 6.62. The maximum absolute atomic E-state index is 11.9. The van der Waals surface area contributed by atoms with Crippen LogP contribution in [-0.4, -0.2) is 27.3 Å². The van der Waals surface area contributed by atoms with E-state index < -0.39 is 0 Å². The summed E-state index contributed by atoms with van der Waals surface area (Å²) in [6.07, 6.45) is 5.02. The summed E-state index contributed by atoms with van der Waals surface area (Å²) < 4.78 is 1.95. The Kier molecular flexibility index (Phi) is 5.24. The molecule has 1 aromatic heterocycles. The average molecular weight is 289 g/mol. The number of benzene rings is 1. The van der Waals surface area contributed by atoms with Gasteiger partial charge in [0.05, 0.1) is 5.25 Å². The molecule has 1 heterocycles. The molecule has 2 aromatic rings. The minimum absolute atomic E-state index is 0.0357. The Hall–Kier alpha value is -1.75. The van der Waals surface area contributed by atoms with Crippen LogP contribution in [0.1, 0.15) is 11.4 Å². The van der Waals surface area contributed by atoms with Gasteiger partial charge in [0.15, 0.2) is 0 Å². The van der Waals surface area contributed by atoms with Crippen molar-refractivity contribution < 1.29 is 4.79 Å². The molecule has 0 spiro atoms. The topological polar surface area (TPSA) is 46.9 Å². The average Bonchev–Trinajstić information content (AvgIpc) is 2.85. The van der Waals surface area contributed by atoms with Gasteiger partial charge in [-0.2, -0.15) is 12.6 Å². The van der Waals surface area contributed by atoms with Crippen LogP contribution in [0.15, 0.2) is 42.7 Å². The number of carbonyl (C=O) groups excluding carboxylic acids is 1. The molecule has 0 fully saturated rings. The van der Waals surface area contributed by atoms with Gasteiger partial charge in [0.2, 0.25) is 5.91 Å². The second-order valence-electron chi connectivity index (χ2n) is 4.70. The first-order valence-corrected chi connectivity index (χ1v) is 7.14. The minimum Gasteiger partial charge on any atom is -0.355 e. The number of imidazole rings is 1. The van der Waals surface area contributed by atoms with Crippen LogP contribution in [0.2, 0.25) is 0 Å². The number of hydrogen-bond donors (Lipinski definition) is 2. The van der Waals surface area contributed by atoms with Crippen LogP contribution in [0.5, 0.6) is 0 Å². The van der Waals surface area contributed by atoms with Crippen LogP contribution >= 0.6 is 12.6 Å². The van der Waals surface area contributed by atoms with E-state index in [1.54, 1.807) is 6.20 Å². The largest absolute Gasteiger partial charge is 0.355 e. The lowest BCUT2D eigenvalue weighted by Gasteiger charge is -2.11. The number of amides is 1. The summed E-state index contributed by atoms with van der Waals surface area (Å²) in [4.78, 5) is 16.2. The molecule has 106 valence electrons. The summed E-state index contributed by atoms with van der Waals surface area (Å²) in [6, 6.07) is 9.91. The van der Waals surface area contributed by atoms with Crippen molar-refractivity contribution >= 4 is 18.5 Å². The van der Waals surface area contributed by atoms with Crippen LogP contribution < -0.4 is 5.32 Å². The van der Waals surface area contributed by atoms with Gasteiger partial charge in [0.1, 0.15) is 5.82 Å². The van der Waals surface area contributed by atoms with E-state index in [0.717, 1.165) is 17.8 Å². The summed E-state index contributed by atoms with van der Waals surface area (Å²) in [5.41, 5.74) is 1.12. The number of aromatic nitrogens is 2. The van der Waals surface area contributed by atoms with Crippen LogP contribution in [-0.2, 0) is 24.7 Å². The molecule has 0 aliphatic carbocycles. The molecule has 0 radical (unpaired) electrons. The molecule has 0 bridgehead atoms. The summed E-state index contributed by atoms with van der Waals surface area (Å²) in [5, 5.41) is 2.58. The van der Waals surface area contributed by atoms with Crippen molar-refractivity contribution in [3.05, 3.63) is 54.1 Å². The second-order valence-corrected chi connectivity index (χ2v) is 5.32. The normalized spacial score (nSPS) is 12.1. The fourth-order valence-corrected chi connectivity index (χ4v) is 2.28. The molecule has 1 unspecified atom stereocenters. The van der Waals surface area contributed by atoms with E-state index in [1.807, 2.05) is 48.1 Å². The Morgan fingerprint density at radius 3 is 2.80 bits per heavy atom. The Morgan fingerprint density at radius 2 is 2.15 bits per heavy atom. The molecule has 1 N–H and O–H groups in total. The zero-order valence-corrected chi connectivity index (χ0v) is 12.4. The molecule has 0 aliphatic heterocycles. The van der Waals surface area contributed by atoms with Gasteiger partial charge in [-0.05, 0) is 12.0 Å². The van der Waals surface area contributed by atoms with Crippen molar-refractivity contribution in [2.24, 2.45) is 7.05 Å². The molecule has 0 saturated carbocycles. The summed E-state index contributed by atoms with van der Waals surface area (Å²) in [5.74, 6) is 0.926. The predicted molar refractivity (Wildman–Crippen MR) is 82.8 cm³/mol. The standard InChI is InChI=1S/C15H19N3OS/c1-18-10-9-16-14(18)7-8-17-15(19)13(20)11-12-5-3-2-4-6-12/h2-6,9-10,13,20H,7-8,11H2,1H3,(H,17,19). The predicted octanol–water partition coefficient (Wildman–Crippen LogP) is 1.62. The van der Waals surface area contributed by atoms with Gasteiger partial charge in [0.25, 0.3) is 0 Å². The number of hydrogen-bond acceptors (Lipinski definition) is 3. The third kappa shape index (κ3) is 4.13. The third-order valence-electron chi connectivity index (χ3n) is 3.14. The van der Waals surface area contributed by atoms with Crippen molar-refractivity contribution in [3.8, 4) is 0 Å². The molecule has 1 aromatic carbocycles. The van der Waals surface area contributed by atoms with E-state index in [-0.39, 0.29) is 11.2 Å². The van der Waals surface area contributed by atoms with Crippen LogP contribution in [0, 0.1) is 0 Å². The van der Waals surface area contributed by atoms with Crippen molar-refractivity contribution in [3.63, 3.8) is 0 Å².